The molecule has 28 heavy (non-hydrogen) atoms. The highest BCUT2D eigenvalue weighted by Gasteiger charge is 2.13. The van der Waals surface area contributed by atoms with Crippen molar-refractivity contribution < 1.29 is 4.79 Å². The fourth-order valence-electron chi connectivity index (χ4n) is 3.12. The van der Waals surface area contributed by atoms with Crippen molar-refractivity contribution in [3.8, 4) is 11.3 Å². The molecule has 0 aliphatic rings. The zero-order valence-corrected chi connectivity index (χ0v) is 15.0. The molecule has 4 aromatic rings. The lowest BCUT2D eigenvalue weighted by Gasteiger charge is -2.08. The van der Waals surface area contributed by atoms with E-state index in [0.29, 0.717) is 16.9 Å². The molecule has 2 heterocycles. The summed E-state index contributed by atoms with van der Waals surface area (Å²) in [6.45, 7) is -0.0959. The lowest BCUT2D eigenvalue weighted by Crippen LogP contribution is -2.28. The Labute approximate surface area is 159 Å². The molecule has 0 spiro atoms. The van der Waals surface area contributed by atoms with Crippen molar-refractivity contribution in [2.45, 2.75) is 6.54 Å². The maximum Gasteiger partial charge on any atom is 0.329 e. The molecule has 0 aliphatic carbocycles. The second-order valence-electron chi connectivity index (χ2n) is 6.35. The summed E-state index contributed by atoms with van der Waals surface area (Å²) in [6, 6.07) is 17.4. The van der Waals surface area contributed by atoms with Crippen LogP contribution < -0.4 is 16.6 Å². The number of aromatic amines is 1. The summed E-state index contributed by atoms with van der Waals surface area (Å²) in [5.74, 6) is -0.315. The van der Waals surface area contributed by atoms with Crippen molar-refractivity contribution in [2.24, 2.45) is 7.05 Å². The fourth-order valence-corrected chi connectivity index (χ4v) is 3.12. The number of para-hydroxylation sites is 2. The number of hydrogen-bond acceptors (Lipinski definition) is 4. The van der Waals surface area contributed by atoms with Gasteiger partial charge in [-0.15, -0.1) is 0 Å². The first-order valence-electron chi connectivity index (χ1n) is 8.63. The zero-order valence-electron chi connectivity index (χ0n) is 15.0. The predicted molar refractivity (Wildman–Crippen MR) is 106 cm³/mol. The fraction of sp³-hybridized carbons (Fsp3) is 0.100. The topological polar surface area (TPSA) is 102 Å². The molecule has 2 aromatic heterocycles. The van der Waals surface area contributed by atoms with Gasteiger partial charge in [0, 0.05) is 24.4 Å². The maximum atomic E-state index is 12.5. The van der Waals surface area contributed by atoms with Gasteiger partial charge in [0.25, 0.3) is 5.56 Å². The molecule has 1 amide bonds. The van der Waals surface area contributed by atoms with Crippen molar-refractivity contribution in [1.82, 2.24) is 19.3 Å². The summed E-state index contributed by atoms with van der Waals surface area (Å²) < 4.78 is 2.96. The van der Waals surface area contributed by atoms with Gasteiger partial charge in [-0.05, 0) is 30.3 Å². The molecule has 2 aromatic carbocycles. The predicted octanol–water partition coefficient (Wildman–Crippen LogP) is 1.73. The molecule has 8 nitrogen and oxygen atoms in total. The van der Waals surface area contributed by atoms with Crippen molar-refractivity contribution in [2.75, 3.05) is 5.32 Å². The molecule has 0 saturated heterocycles. The number of hydrogen-bond donors (Lipinski definition) is 2. The molecule has 2 N–H and O–H groups in total. The number of anilines is 1. The highest BCUT2D eigenvalue weighted by Crippen LogP contribution is 2.20. The van der Waals surface area contributed by atoms with E-state index >= 15 is 0 Å². The molecule has 0 atom stereocenters. The van der Waals surface area contributed by atoms with Crippen LogP contribution in [-0.2, 0) is 18.4 Å². The number of H-pyrrole nitrogens is 1. The summed E-state index contributed by atoms with van der Waals surface area (Å²) in [7, 11) is 1.68. The van der Waals surface area contributed by atoms with Crippen LogP contribution in [0, 0.1) is 0 Å². The van der Waals surface area contributed by atoms with E-state index < -0.39 is 0 Å². The molecule has 0 unspecified atom stereocenters. The molecule has 0 radical (unpaired) electrons. The number of aryl methyl sites for hydroxylation is 1. The number of nitrogens with zero attached hydrogens (tertiary/aromatic N) is 3. The number of carbonyl (C=O) groups excluding carboxylic acids is 1. The lowest BCUT2D eigenvalue weighted by atomic mass is 10.1. The number of imidazole rings is 1. The molecule has 0 fully saturated rings. The first-order valence-corrected chi connectivity index (χ1v) is 8.63. The highest BCUT2D eigenvalue weighted by atomic mass is 16.2. The average Bonchev–Trinajstić information content (AvgIpc) is 2.94. The first kappa shape index (κ1) is 17.5. The molecule has 0 aliphatic heterocycles. The van der Waals surface area contributed by atoms with E-state index in [9.17, 15) is 14.4 Å². The summed E-state index contributed by atoms with van der Waals surface area (Å²) in [4.78, 5) is 36.1. The maximum absolute atomic E-state index is 12.5. The SMILES string of the molecule is Cn1c(=O)n(CC(=O)Nc2cccc(-c3ccc(=O)[nH]n3)c2)c2ccccc21. The van der Waals surface area contributed by atoms with Crippen LogP contribution in [0.5, 0.6) is 0 Å². The average molecular weight is 375 g/mol. The smallest absolute Gasteiger partial charge is 0.325 e. The quantitative estimate of drug-likeness (QED) is 0.567. The number of carbonyl (C=O) groups is 1. The minimum Gasteiger partial charge on any atom is -0.325 e. The number of benzene rings is 2. The Kier molecular flexibility index (Phi) is 4.36. The standard InChI is InChI=1S/C20H17N5O3/c1-24-16-7-2-3-8-17(16)25(20(24)28)12-19(27)21-14-6-4-5-13(11-14)15-9-10-18(26)23-22-15/h2-11H,12H2,1H3,(H,21,27)(H,23,26). The van der Waals surface area contributed by atoms with Crippen LogP contribution >= 0.6 is 0 Å². The van der Waals surface area contributed by atoms with Gasteiger partial charge in [-0.3, -0.25) is 18.7 Å². The van der Waals surface area contributed by atoms with Crippen LogP contribution in [0.2, 0.25) is 0 Å². The molecule has 0 bridgehead atoms. The van der Waals surface area contributed by atoms with Gasteiger partial charge in [0.15, 0.2) is 0 Å². The van der Waals surface area contributed by atoms with Crippen molar-refractivity contribution in [3.05, 3.63) is 81.5 Å². The second kappa shape index (κ2) is 6.99. The van der Waals surface area contributed by atoms with E-state index in [1.165, 1.54) is 15.2 Å². The number of amides is 1. The van der Waals surface area contributed by atoms with Gasteiger partial charge < -0.3 is 5.32 Å². The molecule has 0 saturated carbocycles. The molecular weight excluding hydrogens is 358 g/mol. The first-order chi connectivity index (χ1) is 13.5. The number of nitrogens with one attached hydrogen (secondary N) is 2. The van der Waals surface area contributed by atoms with Gasteiger partial charge >= 0.3 is 5.69 Å². The van der Waals surface area contributed by atoms with Crippen LogP contribution in [0.15, 0.2) is 70.3 Å². The van der Waals surface area contributed by atoms with Crippen molar-refractivity contribution in [1.29, 1.82) is 0 Å². The molecular formula is C20H17N5O3. The van der Waals surface area contributed by atoms with Gasteiger partial charge in [-0.2, -0.15) is 5.10 Å². The van der Waals surface area contributed by atoms with Gasteiger partial charge in [-0.1, -0.05) is 24.3 Å². The summed E-state index contributed by atoms with van der Waals surface area (Å²) >= 11 is 0. The largest absolute Gasteiger partial charge is 0.329 e. The number of fused-ring (bicyclic) bond motifs is 1. The minimum atomic E-state index is -0.315. The normalized spacial score (nSPS) is 10.9. The summed E-state index contributed by atoms with van der Waals surface area (Å²) in [6.07, 6.45) is 0. The van der Waals surface area contributed by atoms with Gasteiger partial charge in [0.1, 0.15) is 6.54 Å². The van der Waals surface area contributed by atoms with Crippen LogP contribution in [0.1, 0.15) is 0 Å². The van der Waals surface area contributed by atoms with E-state index in [-0.39, 0.29) is 23.7 Å². The Hall–Kier alpha value is -3.94. The monoisotopic (exact) mass is 375 g/mol. The van der Waals surface area contributed by atoms with Gasteiger partial charge in [-0.25, -0.2) is 9.89 Å². The zero-order chi connectivity index (χ0) is 19.7. The van der Waals surface area contributed by atoms with E-state index in [2.05, 4.69) is 15.5 Å². The molecule has 4 rings (SSSR count). The van der Waals surface area contributed by atoms with Crippen LogP contribution in [-0.4, -0.2) is 25.2 Å². The van der Waals surface area contributed by atoms with Crippen LogP contribution in [0.25, 0.3) is 22.3 Å². The van der Waals surface area contributed by atoms with Gasteiger partial charge in [0.05, 0.1) is 16.7 Å². The van der Waals surface area contributed by atoms with Crippen LogP contribution in [0.4, 0.5) is 5.69 Å². The molecule has 140 valence electrons. The second-order valence-corrected chi connectivity index (χ2v) is 6.35. The minimum absolute atomic E-state index is 0.0959. The summed E-state index contributed by atoms with van der Waals surface area (Å²) in [5, 5.41) is 9.18. The van der Waals surface area contributed by atoms with E-state index in [4.69, 9.17) is 0 Å². The number of aromatic nitrogens is 4. The van der Waals surface area contributed by atoms with E-state index in [1.807, 2.05) is 30.3 Å². The Bertz CT molecular complexity index is 1280. The highest BCUT2D eigenvalue weighted by molar-refractivity contribution is 5.92. The Morgan fingerprint density at radius 1 is 1.04 bits per heavy atom. The van der Waals surface area contributed by atoms with Gasteiger partial charge in [0.2, 0.25) is 5.91 Å². The number of rotatable bonds is 4. The third-order valence-electron chi connectivity index (χ3n) is 4.47. The van der Waals surface area contributed by atoms with Crippen LogP contribution in [0.3, 0.4) is 0 Å². The van der Waals surface area contributed by atoms with Crippen molar-refractivity contribution in [3.63, 3.8) is 0 Å². The Morgan fingerprint density at radius 3 is 2.57 bits per heavy atom. The Balaban J connectivity index is 1.58. The van der Waals surface area contributed by atoms with E-state index in [0.717, 1.165) is 11.1 Å². The summed E-state index contributed by atoms with van der Waals surface area (Å²) in [5.41, 5.74) is 2.85. The van der Waals surface area contributed by atoms with E-state index in [1.54, 1.807) is 31.3 Å². The molecule has 8 heteroatoms. The third-order valence-corrected chi connectivity index (χ3v) is 4.47. The lowest BCUT2D eigenvalue weighted by molar-refractivity contribution is -0.116. The Morgan fingerprint density at radius 2 is 1.82 bits per heavy atom. The van der Waals surface area contributed by atoms with Crippen molar-refractivity contribution >= 4 is 22.6 Å². The third kappa shape index (κ3) is 3.23.